The smallest absolute Gasteiger partial charge is 0.307 e. The number of hydrogen-bond donors (Lipinski definition) is 1. The Hall–Kier alpha value is -1.47. The van der Waals surface area contributed by atoms with E-state index in [4.69, 9.17) is 9.94 Å². The van der Waals surface area contributed by atoms with Gasteiger partial charge in [0, 0.05) is 24.8 Å². The van der Waals surface area contributed by atoms with E-state index in [-0.39, 0.29) is 5.92 Å². The summed E-state index contributed by atoms with van der Waals surface area (Å²) in [4.78, 5) is 22.4. The van der Waals surface area contributed by atoms with E-state index in [2.05, 4.69) is 31.0 Å². The van der Waals surface area contributed by atoms with Gasteiger partial charge in [-0.3, -0.25) is 9.69 Å². The van der Waals surface area contributed by atoms with Crippen molar-refractivity contribution in [3.8, 4) is 0 Å². The number of pyridine rings is 1. The predicted octanol–water partition coefficient (Wildman–Crippen LogP) is 1.99. The number of oxime groups is 1. The highest BCUT2D eigenvalue weighted by molar-refractivity contribution is 9.10. The van der Waals surface area contributed by atoms with Gasteiger partial charge in [0.2, 0.25) is 0 Å². The highest BCUT2D eigenvalue weighted by Crippen LogP contribution is 2.16. The van der Waals surface area contributed by atoms with Gasteiger partial charge in [-0.2, -0.15) is 0 Å². The summed E-state index contributed by atoms with van der Waals surface area (Å²) in [5, 5.41) is 12.9. The fraction of sp³-hybridized carbons (Fsp3) is 0.500. The van der Waals surface area contributed by atoms with Gasteiger partial charge in [0.25, 0.3) is 0 Å². The molecule has 0 amide bonds. The minimum atomic E-state index is -0.707. The van der Waals surface area contributed by atoms with Crippen LogP contribution >= 0.6 is 15.9 Å². The molecule has 114 valence electrons. The number of nitrogens with zero attached hydrogens (tertiary/aromatic N) is 3. The number of piperidine rings is 1. The maximum atomic E-state index is 11.0. The van der Waals surface area contributed by atoms with Crippen molar-refractivity contribution in [2.75, 3.05) is 26.2 Å². The van der Waals surface area contributed by atoms with Crippen molar-refractivity contribution in [1.29, 1.82) is 0 Å². The summed E-state index contributed by atoms with van der Waals surface area (Å²) in [5.41, 5.74) is 0.863. The molecule has 1 aromatic rings. The van der Waals surface area contributed by atoms with Gasteiger partial charge in [0.1, 0.15) is 11.2 Å². The fourth-order valence-corrected chi connectivity index (χ4v) is 2.48. The summed E-state index contributed by atoms with van der Waals surface area (Å²) in [7, 11) is 0. The highest BCUT2D eigenvalue weighted by Gasteiger charge is 2.24. The first-order chi connectivity index (χ1) is 10.1. The zero-order valence-electron chi connectivity index (χ0n) is 11.6. The maximum absolute atomic E-state index is 11.0. The highest BCUT2D eigenvalue weighted by atomic mass is 79.9. The molecule has 1 N–H and O–H groups in total. The molecule has 7 heteroatoms. The lowest BCUT2D eigenvalue weighted by Gasteiger charge is -2.29. The number of aromatic nitrogens is 1. The van der Waals surface area contributed by atoms with Gasteiger partial charge < -0.3 is 9.94 Å². The van der Waals surface area contributed by atoms with Crippen LogP contribution in [-0.4, -0.2) is 53.4 Å². The van der Waals surface area contributed by atoms with Crippen LogP contribution in [0.25, 0.3) is 0 Å². The lowest BCUT2D eigenvalue weighted by molar-refractivity contribution is -0.143. The van der Waals surface area contributed by atoms with E-state index >= 15 is 0 Å². The van der Waals surface area contributed by atoms with Gasteiger partial charge >= 0.3 is 5.97 Å². The Morgan fingerprint density at radius 2 is 2.48 bits per heavy atom. The molecule has 6 nitrogen and oxygen atoms in total. The van der Waals surface area contributed by atoms with Crippen molar-refractivity contribution < 1.29 is 14.7 Å². The second-order valence-corrected chi connectivity index (χ2v) is 5.77. The summed E-state index contributed by atoms with van der Waals surface area (Å²) in [6.07, 6.45) is 4.99. The number of rotatable bonds is 6. The van der Waals surface area contributed by atoms with E-state index < -0.39 is 5.97 Å². The molecule has 0 saturated carbocycles. The third-order valence-corrected chi connectivity index (χ3v) is 3.85. The van der Waals surface area contributed by atoms with Crippen molar-refractivity contribution in [3.05, 3.63) is 28.5 Å². The molecule has 0 aromatic carbocycles. The molecule has 2 heterocycles. The Balaban J connectivity index is 1.67. The third kappa shape index (κ3) is 5.43. The fourth-order valence-electron chi connectivity index (χ4n) is 2.24. The first-order valence-electron chi connectivity index (χ1n) is 6.87. The average Bonchev–Trinajstić information content (AvgIpc) is 2.49. The van der Waals surface area contributed by atoms with Crippen LogP contribution in [-0.2, 0) is 9.63 Å². The molecule has 1 saturated heterocycles. The molecule has 1 unspecified atom stereocenters. The first-order valence-corrected chi connectivity index (χ1v) is 7.66. The Morgan fingerprint density at radius 1 is 1.62 bits per heavy atom. The van der Waals surface area contributed by atoms with Crippen molar-refractivity contribution in [2.24, 2.45) is 11.1 Å². The maximum Gasteiger partial charge on any atom is 0.307 e. The molecule has 2 rings (SSSR count). The number of aliphatic carboxylic acids is 1. The second kappa shape index (κ2) is 8.09. The lowest BCUT2D eigenvalue weighted by atomic mass is 9.98. The summed E-state index contributed by atoms with van der Waals surface area (Å²) in [6.45, 7) is 2.67. The van der Waals surface area contributed by atoms with E-state index in [0.717, 1.165) is 29.6 Å². The van der Waals surface area contributed by atoms with Crippen LogP contribution in [0.15, 0.2) is 28.1 Å². The summed E-state index contributed by atoms with van der Waals surface area (Å²) < 4.78 is 0.777. The molecule has 0 aliphatic carbocycles. The minimum Gasteiger partial charge on any atom is -0.481 e. The summed E-state index contributed by atoms with van der Waals surface area (Å²) in [6, 6.07) is 3.72. The van der Waals surface area contributed by atoms with Crippen LogP contribution < -0.4 is 0 Å². The van der Waals surface area contributed by atoms with Gasteiger partial charge in [-0.15, -0.1) is 0 Å². The topological polar surface area (TPSA) is 75.0 Å². The Labute approximate surface area is 131 Å². The van der Waals surface area contributed by atoms with E-state index in [0.29, 0.717) is 19.7 Å². The normalized spacial score (nSPS) is 19.8. The van der Waals surface area contributed by atoms with Gasteiger partial charge in [-0.25, -0.2) is 4.98 Å². The van der Waals surface area contributed by atoms with E-state index in [9.17, 15) is 4.79 Å². The van der Waals surface area contributed by atoms with Gasteiger partial charge in [-0.05, 0) is 47.4 Å². The molecular weight excluding hydrogens is 338 g/mol. The Kier molecular flexibility index (Phi) is 6.13. The number of hydrogen-bond acceptors (Lipinski definition) is 5. The average molecular weight is 356 g/mol. The van der Waals surface area contributed by atoms with Gasteiger partial charge in [-0.1, -0.05) is 5.16 Å². The molecular formula is C14H18BrN3O3. The largest absolute Gasteiger partial charge is 0.481 e. The zero-order chi connectivity index (χ0) is 15.1. The lowest BCUT2D eigenvalue weighted by Crippen LogP contribution is -2.40. The molecule has 1 aliphatic heterocycles. The van der Waals surface area contributed by atoms with Crippen molar-refractivity contribution in [1.82, 2.24) is 9.88 Å². The monoisotopic (exact) mass is 355 g/mol. The quantitative estimate of drug-likeness (QED) is 0.365. The molecule has 0 spiro atoms. The molecule has 0 radical (unpaired) electrons. The third-order valence-electron chi connectivity index (χ3n) is 3.38. The first kappa shape index (κ1) is 15.9. The number of carboxylic acid groups (broad SMARTS) is 1. The van der Waals surface area contributed by atoms with Crippen molar-refractivity contribution in [2.45, 2.75) is 12.8 Å². The van der Waals surface area contributed by atoms with Crippen LogP contribution in [0.4, 0.5) is 0 Å². The number of carboxylic acids is 1. The minimum absolute atomic E-state index is 0.254. The summed E-state index contributed by atoms with van der Waals surface area (Å²) >= 11 is 3.26. The number of carbonyl (C=O) groups is 1. The predicted molar refractivity (Wildman–Crippen MR) is 82.3 cm³/mol. The van der Waals surface area contributed by atoms with Crippen LogP contribution in [0.3, 0.4) is 0 Å². The van der Waals surface area contributed by atoms with Gasteiger partial charge in [0.05, 0.1) is 12.1 Å². The second-order valence-electron chi connectivity index (χ2n) is 4.96. The van der Waals surface area contributed by atoms with Crippen LogP contribution in [0.5, 0.6) is 0 Å². The molecule has 0 bridgehead atoms. The number of halogens is 1. The molecule has 1 aliphatic rings. The summed E-state index contributed by atoms with van der Waals surface area (Å²) in [5.74, 6) is -0.961. The van der Waals surface area contributed by atoms with Crippen LogP contribution in [0, 0.1) is 5.92 Å². The molecule has 1 aromatic heterocycles. The molecule has 1 atom stereocenters. The van der Waals surface area contributed by atoms with Crippen LogP contribution in [0.1, 0.15) is 18.4 Å². The number of likely N-dealkylation sites (tertiary alicyclic amines) is 1. The molecule has 21 heavy (non-hydrogen) atoms. The van der Waals surface area contributed by atoms with E-state index in [1.54, 1.807) is 12.4 Å². The van der Waals surface area contributed by atoms with Gasteiger partial charge in [0.15, 0.2) is 0 Å². The van der Waals surface area contributed by atoms with Crippen molar-refractivity contribution >= 4 is 28.1 Å². The zero-order valence-corrected chi connectivity index (χ0v) is 13.2. The van der Waals surface area contributed by atoms with Crippen molar-refractivity contribution in [3.63, 3.8) is 0 Å². The Morgan fingerprint density at radius 3 is 3.19 bits per heavy atom. The molecule has 1 fully saturated rings. The Bertz CT molecular complexity index is 493. The standard InChI is InChI=1S/C14H18BrN3O3/c15-13-4-3-11(8-16-13)9-17-21-7-6-18-5-1-2-12(10-18)14(19)20/h3-4,8-9,12H,1-2,5-7,10H2,(H,19,20)/b17-9+. The van der Waals surface area contributed by atoms with Crippen LogP contribution in [0.2, 0.25) is 0 Å². The SMILES string of the molecule is O=C(O)C1CCCN(CCO/N=C/c2ccc(Br)nc2)C1. The van der Waals surface area contributed by atoms with E-state index in [1.807, 2.05) is 12.1 Å². The van der Waals surface area contributed by atoms with E-state index in [1.165, 1.54) is 0 Å².